The Morgan fingerprint density at radius 3 is 3.00 bits per heavy atom. The summed E-state index contributed by atoms with van der Waals surface area (Å²) in [6.07, 6.45) is 2.52. The zero-order valence-corrected chi connectivity index (χ0v) is 9.66. The second kappa shape index (κ2) is 4.82. The molecule has 2 fully saturated rings. The molecule has 0 spiro atoms. The van der Waals surface area contributed by atoms with Crippen LogP contribution in [0.4, 0.5) is 0 Å². The molecule has 2 N–H and O–H groups in total. The van der Waals surface area contributed by atoms with E-state index in [1.807, 2.05) is 0 Å². The zero-order chi connectivity index (χ0) is 11.5. The van der Waals surface area contributed by atoms with Crippen molar-refractivity contribution in [3.63, 3.8) is 0 Å². The molecule has 2 rings (SSSR count). The standard InChI is InChI=1S/C11H19N3O2/c1-14-4-2-3-9(7-14)13-11(16)8-5-10(15)12-6-8/h8-9H,2-7H2,1H3,(H,12,15)(H,13,16). The third kappa shape index (κ3) is 2.72. The van der Waals surface area contributed by atoms with E-state index in [0.717, 1.165) is 25.9 Å². The first-order chi connectivity index (χ1) is 7.65. The molecule has 2 unspecified atom stereocenters. The Hall–Kier alpha value is -1.10. The molecule has 0 aromatic heterocycles. The number of amides is 2. The van der Waals surface area contributed by atoms with Gasteiger partial charge in [-0.05, 0) is 26.4 Å². The molecular formula is C11H19N3O2. The summed E-state index contributed by atoms with van der Waals surface area (Å²) in [6.45, 7) is 2.52. The maximum atomic E-state index is 11.8. The molecule has 90 valence electrons. The van der Waals surface area contributed by atoms with Gasteiger partial charge < -0.3 is 15.5 Å². The van der Waals surface area contributed by atoms with Crippen LogP contribution in [-0.4, -0.2) is 49.4 Å². The van der Waals surface area contributed by atoms with Crippen LogP contribution in [-0.2, 0) is 9.59 Å². The topological polar surface area (TPSA) is 61.4 Å². The fourth-order valence-corrected chi connectivity index (χ4v) is 2.39. The van der Waals surface area contributed by atoms with Crippen molar-refractivity contribution >= 4 is 11.8 Å². The van der Waals surface area contributed by atoms with Gasteiger partial charge in [-0.3, -0.25) is 9.59 Å². The van der Waals surface area contributed by atoms with Crippen LogP contribution in [0.25, 0.3) is 0 Å². The normalized spacial score (nSPS) is 31.2. The summed E-state index contributed by atoms with van der Waals surface area (Å²) >= 11 is 0. The lowest BCUT2D eigenvalue weighted by molar-refractivity contribution is -0.127. The number of likely N-dealkylation sites (N-methyl/N-ethyl adjacent to an activating group) is 1. The maximum Gasteiger partial charge on any atom is 0.225 e. The van der Waals surface area contributed by atoms with Gasteiger partial charge in [0.25, 0.3) is 0 Å². The van der Waals surface area contributed by atoms with Crippen LogP contribution in [0.15, 0.2) is 0 Å². The molecule has 2 saturated heterocycles. The van der Waals surface area contributed by atoms with Gasteiger partial charge >= 0.3 is 0 Å². The largest absolute Gasteiger partial charge is 0.355 e. The van der Waals surface area contributed by atoms with Gasteiger partial charge in [0, 0.05) is 25.6 Å². The van der Waals surface area contributed by atoms with Crippen LogP contribution >= 0.6 is 0 Å². The van der Waals surface area contributed by atoms with E-state index in [0.29, 0.717) is 13.0 Å². The molecule has 0 radical (unpaired) electrons. The first-order valence-corrected chi connectivity index (χ1v) is 5.91. The first-order valence-electron chi connectivity index (χ1n) is 5.91. The van der Waals surface area contributed by atoms with E-state index < -0.39 is 0 Å². The minimum atomic E-state index is -0.167. The van der Waals surface area contributed by atoms with E-state index in [1.165, 1.54) is 0 Å². The van der Waals surface area contributed by atoms with Crippen LogP contribution < -0.4 is 10.6 Å². The fraction of sp³-hybridized carbons (Fsp3) is 0.818. The molecule has 2 aliphatic rings. The Morgan fingerprint density at radius 1 is 1.56 bits per heavy atom. The SMILES string of the molecule is CN1CCCC(NC(=O)C2CNC(=O)C2)C1. The minimum Gasteiger partial charge on any atom is -0.355 e. The van der Waals surface area contributed by atoms with E-state index >= 15 is 0 Å². The molecule has 2 heterocycles. The fourth-order valence-electron chi connectivity index (χ4n) is 2.39. The Balaban J connectivity index is 1.80. The summed E-state index contributed by atoms with van der Waals surface area (Å²) in [5.74, 6) is -0.153. The zero-order valence-electron chi connectivity index (χ0n) is 9.66. The molecule has 0 aliphatic carbocycles. The highest BCUT2D eigenvalue weighted by Crippen LogP contribution is 2.12. The summed E-state index contributed by atoms with van der Waals surface area (Å²) in [5, 5.41) is 5.73. The van der Waals surface area contributed by atoms with Crippen molar-refractivity contribution in [2.75, 3.05) is 26.7 Å². The van der Waals surface area contributed by atoms with Gasteiger partial charge in [0.15, 0.2) is 0 Å². The monoisotopic (exact) mass is 225 g/mol. The average Bonchev–Trinajstić information content (AvgIpc) is 2.65. The summed E-state index contributed by atoms with van der Waals surface area (Å²) in [7, 11) is 2.07. The van der Waals surface area contributed by atoms with E-state index in [4.69, 9.17) is 0 Å². The number of piperidine rings is 1. The lowest BCUT2D eigenvalue weighted by atomic mass is 10.0. The lowest BCUT2D eigenvalue weighted by Gasteiger charge is -2.30. The molecule has 0 saturated carbocycles. The Bertz CT molecular complexity index is 293. The smallest absolute Gasteiger partial charge is 0.225 e. The highest BCUT2D eigenvalue weighted by molar-refractivity contribution is 5.89. The molecule has 5 heteroatoms. The maximum absolute atomic E-state index is 11.8. The molecule has 2 atom stereocenters. The van der Waals surface area contributed by atoms with E-state index in [1.54, 1.807) is 0 Å². The summed E-state index contributed by atoms with van der Waals surface area (Å²) in [6, 6.07) is 0.252. The van der Waals surface area contributed by atoms with Gasteiger partial charge in [-0.1, -0.05) is 0 Å². The van der Waals surface area contributed by atoms with Crippen molar-refractivity contribution in [1.29, 1.82) is 0 Å². The van der Waals surface area contributed by atoms with Crippen molar-refractivity contribution in [2.45, 2.75) is 25.3 Å². The summed E-state index contributed by atoms with van der Waals surface area (Å²) < 4.78 is 0. The van der Waals surface area contributed by atoms with E-state index in [9.17, 15) is 9.59 Å². The molecule has 0 bridgehead atoms. The van der Waals surface area contributed by atoms with E-state index in [-0.39, 0.29) is 23.8 Å². The quantitative estimate of drug-likeness (QED) is 0.655. The number of carbonyl (C=O) groups is 2. The Labute approximate surface area is 95.6 Å². The highest BCUT2D eigenvalue weighted by Gasteiger charge is 2.29. The lowest BCUT2D eigenvalue weighted by Crippen LogP contribution is -2.48. The predicted molar refractivity (Wildman–Crippen MR) is 59.8 cm³/mol. The van der Waals surface area contributed by atoms with Crippen LogP contribution in [0.5, 0.6) is 0 Å². The molecular weight excluding hydrogens is 206 g/mol. The highest BCUT2D eigenvalue weighted by atomic mass is 16.2. The van der Waals surface area contributed by atoms with Gasteiger partial charge in [0.1, 0.15) is 0 Å². The van der Waals surface area contributed by atoms with Crippen LogP contribution in [0, 0.1) is 5.92 Å². The Morgan fingerprint density at radius 2 is 2.38 bits per heavy atom. The van der Waals surface area contributed by atoms with Crippen molar-refractivity contribution in [3.05, 3.63) is 0 Å². The summed E-state index contributed by atoms with van der Waals surface area (Å²) in [4.78, 5) is 25.1. The number of carbonyl (C=O) groups excluding carboxylic acids is 2. The number of hydrogen-bond donors (Lipinski definition) is 2. The van der Waals surface area contributed by atoms with Crippen LogP contribution in [0.3, 0.4) is 0 Å². The Kier molecular flexibility index (Phi) is 3.43. The number of likely N-dealkylation sites (tertiary alicyclic amines) is 1. The molecule has 0 aromatic rings. The number of nitrogens with one attached hydrogen (secondary N) is 2. The third-order valence-corrected chi connectivity index (χ3v) is 3.32. The molecule has 2 amide bonds. The van der Waals surface area contributed by atoms with Crippen molar-refractivity contribution < 1.29 is 9.59 Å². The minimum absolute atomic E-state index is 0.0130. The van der Waals surface area contributed by atoms with Crippen LogP contribution in [0.1, 0.15) is 19.3 Å². The third-order valence-electron chi connectivity index (χ3n) is 3.32. The molecule has 5 nitrogen and oxygen atoms in total. The van der Waals surface area contributed by atoms with Gasteiger partial charge in [0.2, 0.25) is 11.8 Å². The molecule has 2 aliphatic heterocycles. The molecule has 0 aromatic carbocycles. The number of rotatable bonds is 2. The van der Waals surface area contributed by atoms with Crippen molar-refractivity contribution in [2.24, 2.45) is 5.92 Å². The number of hydrogen-bond acceptors (Lipinski definition) is 3. The second-order valence-electron chi connectivity index (χ2n) is 4.82. The van der Waals surface area contributed by atoms with Crippen molar-refractivity contribution in [3.8, 4) is 0 Å². The summed E-state index contributed by atoms with van der Waals surface area (Å²) in [5.41, 5.74) is 0. The van der Waals surface area contributed by atoms with Gasteiger partial charge in [0.05, 0.1) is 5.92 Å². The van der Waals surface area contributed by atoms with Crippen LogP contribution in [0.2, 0.25) is 0 Å². The number of nitrogens with zero attached hydrogens (tertiary/aromatic N) is 1. The van der Waals surface area contributed by atoms with Gasteiger partial charge in [-0.15, -0.1) is 0 Å². The van der Waals surface area contributed by atoms with Gasteiger partial charge in [-0.25, -0.2) is 0 Å². The molecule has 16 heavy (non-hydrogen) atoms. The van der Waals surface area contributed by atoms with Crippen molar-refractivity contribution in [1.82, 2.24) is 15.5 Å². The van der Waals surface area contributed by atoms with Gasteiger partial charge in [-0.2, -0.15) is 0 Å². The first kappa shape index (κ1) is 11.4. The van der Waals surface area contributed by atoms with E-state index in [2.05, 4.69) is 22.6 Å². The second-order valence-corrected chi connectivity index (χ2v) is 4.82. The average molecular weight is 225 g/mol. The predicted octanol–water partition coefficient (Wildman–Crippen LogP) is -0.667.